The van der Waals surface area contributed by atoms with Crippen molar-refractivity contribution in [3.8, 4) is 0 Å². The van der Waals surface area contributed by atoms with Gasteiger partial charge in [-0.3, -0.25) is 4.79 Å². The standard InChI is InChI=1S/C21H23NO.C7H7F.C2H6O.2C2H6/c1-3-7-14-12-22-21(23)19(13(14)2)20-17-9-5-4-8-15(17)16-10-6-11-18(16)20;1-6-2-4-7(8)5-3-6;1-3-2;2*1-2/h4-5,7-9,16H,3,6,10-12H2,1-2H3,(H,22,23);2-5H,1H3;1-2H3;2*1-2H3/b14-7+;;;;. The molecule has 1 atom stereocenters. The second kappa shape index (κ2) is 17.5. The normalized spacial score (nSPS) is 17.9. The first-order chi connectivity index (χ1) is 18.4. The molecule has 2 aromatic carbocycles. The number of methoxy groups -OCH3 is 1. The van der Waals surface area contributed by atoms with Gasteiger partial charge in [0.05, 0.1) is 5.57 Å². The average Bonchev–Trinajstić information content (AvgIpc) is 3.53. The molecule has 1 fully saturated rings. The van der Waals surface area contributed by atoms with Crippen molar-refractivity contribution in [3.05, 3.63) is 99.4 Å². The Morgan fingerprint density at radius 1 is 0.974 bits per heavy atom. The summed E-state index contributed by atoms with van der Waals surface area (Å²) >= 11 is 0. The molecule has 0 spiro atoms. The number of allylic oxidation sites excluding steroid dienone is 2. The van der Waals surface area contributed by atoms with E-state index in [1.165, 1.54) is 58.4 Å². The summed E-state index contributed by atoms with van der Waals surface area (Å²) in [6.07, 6.45) is 6.84. The van der Waals surface area contributed by atoms with Crippen LogP contribution >= 0.6 is 0 Å². The summed E-state index contributed by atoms with van der Waals surface area (Å²) in [5, 5.41) is 3.09. The van der Waals surface area contributed by atoms with Crippen molar-refractivity contribution in [1.29, 1.82) is 0 Å². The second-order valence-electron chi connectivity index (χ2n) is 8.96. The quantitative estimate of drug-likeness (QED) is 0.428. The van der Waals surface area contributed by atoms with Crippen LogP contribution in [0, 0.1) is 12.7 Å². The Morgan fingerprint density at radius 3 is 2.16 bits per heavy atom. The highest BCUT2D eigenvalue weighted by Crippen LogP contribution is 2.53. The van der Waals surface area contributed by atoms with Gasteiger partial charge in [0, 0.05) is 26.7 Å². The molecule has 0 saturated heterocycles. The first-order valence-corrected chi connectivity index (χ1v) is 14.1. The lowest BCUT2D eigenvalue weighted by Gasteiger charge is -2.23. The number of carbonyl (C=O) groups excluding carboxylic acids is 1. The van der Waals surface area contributed by atoms with E-state index in [0.29, 0.717) is 12.5 Å². The Labute approximate surface area is 230 Å². The van der Waals surface area contributed by atoms with Crippen LogP contribution in [0.3, 0.4) is 0 Å². The van der Waals surface area contributed by atoms with Gasteiger partial charge in [-0.1, -0.05) is 88.2 Å². The van der Waals surface area contributed by atoms with Crippen LogP contribution < -0.4 is 5.32 Å². The van der Waals surface area contributed by atoms with Crippen LogP contribution in [0.5, 0.6) is 0 Å². The van der Waals surface area contributed by atoms with Gasteiger partial charge in [-0.05, 0) is 79.5 Å². The van der Waals surface area contributed by atoms with Crippen molar-refractivity contribution in [2.24, 2.45) is 0 Å². The van der Waals surface area contributed by atoms with E-state index in [-0.39, 0.29) is 11.7 Å². The molecule has 3 nitrogen and oxygen atoms in total. The van der Waals surface area contributed by atoms with Gasteiger partial charge in [0.15, 0.2) is 0 Å². The monoisotopic (exact) mass is 521 g/mol. The predicted molar refractivity (Wildman–Crippen MR) is 161 cm³/mol. The molecule has 2 aliphatic carbocycles. The fraction of sp³-hybridized carbons (Fsp3) is 0.441. The molecule has 5 rings (SSSR count). The number of halogens is 1. The molecular formula is C34H48FNO2. The summed E-state index contributed by atoms with van der Waals surface area (Å²) in [7, 11) is 3.25. The van der Waals surface area contributed by atoms with Gasteiger partial charge >= 0.3 is 0 Å². The number of benzene rings is 2. The number of aryl methyl sites for hydroxylation is 1. The number of amides is 1. The van der Waals surface area contributed by atoms with Crippen LogP contribution in [0.15, 0.2) is 76.9 Å². The van der Waals surface area contributed by atoms with E-state index in [4.69, 9.17) is 0 Å². The lowest BCUT2D eigenvalue weighted by atomic mass is 9.87. The molecule has 0 bridgehead atoms. The van der Waals surface area contributed by atoms with Gasteiger partial charge < -0.3 is 10.1 Å². The molecule has 4 heteroatoms. The summed E-state index contributed by atoms with van der Waals surface area (Å²) in [5.41, 5.74) is 9.89. The maximum atomic E-state index is 12.7. The van der Waals surface area contributed by atoms with Crippen molar-refractivity contribution in [2.75, 3.05) is 20.8 Å². The van der Waals surface area contributed by atoms with Gasteiger partial charge in [-0.25, -0.2) is 4.39 Å². The highest BCUT2D eigenvalue weighted by atomic mass is 19.1. The molecule has 1 saturated carbocycles. The Balaban J connectivity index is 0.000000401. The number of nitrogens with one attached hydrogen (secondary N) is 1. The third kappa shape index (κ3) is 8.26. The molecular weight excluding hydrogens is 473 g/mol. The number of ether oxygens (including phenoxy) is 1. The minimum atomic E-state index is -0.171. The number of carbonyl (C=O) groups is 1. The highest BCUT2D eigenvalue weighted by molar-refractivity contribution is 6.13. The molecule has 0 aromatic heterocycles. The molecule has 1 aliphatic heterocycles. The summed E-state index contributed by atoms with van der Waals surface area (Å²) in [5.74, 6) is 0.464. The number of hydrogen-bond acceptors (Lipinski definition) is 2. The van der Waals surface area contributed by atoms with Crippen molar-refractivity contribution in [2.45, 2.75) is 80.1 Å². The second-order valence-corrected chi connectivity index (χ2v) is 8.96. The number of fused-ring (bicyclic) bond motifs is 3. The molecule has 1 amide bonds. The van der Waals surface area contributed by atoms with E-state index in [2.05, 4.69) is 54.2 Å². The summed E-state index contributed by atoms with van der Waals surface area (Å²) in [6, 6.07) is 15.1. The van der Waals surface area contributed by atoms with E-state index in [1.54, 1.807) is 26.4 Å². The Bertz CT molecular complexity index is 1090. The molecule has 208 valence electrons. The molecule has 2 aromatic rings. The third-order valence-corrected chi connectivity index (χ3v) is 6.52. The Hall–Kier alpha value is -2.98. The van der Waals surface area contributed by atoms with Crippen molar-refractivity contribution in [3.63, 3.8) is 0 Å². The highest BCUT2D eigenvalue weighted by Gasteiger charge is 2.38. The minimum Gasteiger partial charge on any atom is -0.388 e. The Morgan fingerprint density at radius 2 is 1.58 bits per heavy atom. The summed E-state index contributed by atoms with van der Waals surface area (Å²) in [6.45, 7) is 14.9. The number of rotatable bonds is 2. The van der Waals surface area contributed by atoms with Crippen LogP contribution in [-0.2, 0) is 9.53 Å². The van der Waals surface area contributed by atoms with Crippen LogP contribution in [0.25, 0.3) is 5.57 Å². The minimum absolute atomic E-state index is 0.0978. The first-order valence-electron chi connectivity index (χ1n) is 14.1. The van der Waals surface area contributed by atoms with Crippen molar-refractivity contribution >= 4 is 11.5 Å². The zero-order chi connectivity index (χ0) is 28.7. The summed E-state index contributed by atoms with van der Waals surface area (Å²) < 4.78 is 16.3. The topological polar surface area (TPSA) is 38.3 Å². The smallest absolute Gasteiger partial charge is 0.252 e. The van der Waals surface area contributed by atoms with Crippen LogP contribution in [0.1, 0.15) is 89.8 Å². The predicted octanol–water partition coefficient (Wildman–Crippen LogP) is 8.95. The van der Waals surface area contributed by atoms with Crippen LogP contribution in [0.4, 0.5) is 4.39 Å². The van der Waals surface area contributed by atoms with Crippen molar-refractivity contribution in [1.82, 2.24) is 5.32 Å². The van der Waals surface area contributed by atoms with Gasteiger partial charge in [0.2, 0.25) is 0 Å². The molecule has 0 radical (unpaired) electrons. The zero-order valence-corrected chi connectivity index (χ0v) is 25.0. The van der Waals surface area contributed by atoms with Gasteiger partial charge in [0.25, 0.3) is 5.91 Å². The molecule has 1 heterocycles. The zero-order valence-electron chi connectivity index (χ0n) is 25.0. The van der Waals surface area contributed by atoms with Gasteiger partial charge in [-0.15, -0.1) is 0 Å². The largest absolute Gasteiger partial charge is 0.388 e. The molecule has 1 unspecified atom stereocenters. The van der Waals surface area contributed by atoms with Gasteiger partial charge in [0.1, 0.15) is 5.82 Å². The molecule has 38 heavy (non-hydrogen) atoms. The lowest BCUT2D eigenvalue weighted by molar-refractivity contribution is -0.117. The number of hydrogen-bond donors (Lipinski definition) is 1. The fourth-order valence-electron chi connectivity index (χ4n) is 5.02. The SMILES string of the molecule is CC.CC.CC/C=C1\CNC(=O)C(C2=C3CCCC3c3ccccc32)=C1C.COC.Cc1ccc(F)cc1. The fourth-order valence-corrected chi connectivity index (χ4v) is 5.02. The van der Waals surface area contributed by atoms with E-state index in [9.17, 15) is 9.18 Å². The maximum Gasteiger partial charge on any atom is 0.252 e. The van der Waals surface area contributed by atoms with E-state index >= 15 is 0 Å². The summed E-state index contributed by atoms with van der Waals surface area (Å²) in [4.78, 5) is 12.7. The lowest BCUT2D eigenvalue weighted by Crippen LogP contribution is -2.33. The third-order valence-electron chi connectivity index (χ3n) is 6.52. The van der Waals surface area contributed by atoms with E-state index < -0.39 is 0 Å². The first kappa shape index (κ1) is 33.0. The Kier molecular flexibility index (Phi) is 15.2. The van der Waals surface area contributed by atoms with E-state index in [0.717, 1.165) is 24.0 Å². The molecule has 1 N–H and O–H groups in total. The van der Waals surface area contributed by atoms with Crippen LogP contribution in [-0.4, -0.2) is 26.7 Å². The van der Waals surface area contributed by atoms with E-state index in [1.807, 2.05) is 34.6 Å². The maximum absolute atomic E-state index is 12.7. The van der Waals surface area contributed by atoms with Crippen molar-refractivity contribution < 1.29 is 13.9 Å². The van der Waals surface area contributed by atoms with Gasteiger partial charge in [-0.2, -0.15) is 0 Å². The van der Waals surface area contributed by atoms with Crippen LogP contribution in [0.2, 0.25) is 0 Å². The molecule has 3 aliphatic rings. The average molecular weight is 522 g/mol.